The quantitative estimate of drug-likeness (QED) is 0.544. The first-order chi connectivity index (χ1) is 7.81. The number of aliphatic hydroxyl groups excluding tert-OH is 1. The molecule has 1 saturated carbocycles. The minimum Gasteiger partial charge on any atom is -0.515 e. The zero-order chi connectivity index (χ0) is 13.1. The standard InChI is InChI=1S/C12H19NO4/c1-12(2,3)17-11(16)13-9-4-5-10(15)8(6-9)7-14/h7,9,14H,4-6H2,1-3H3,(H,13,16). The zero-order valence-corrected chi connectivity index (χ0v) is 10.4. The molecule has 17 heavy (non-hydrogen) atoms. The van der Waals surface area contributed by atoms with Crippen LogP contribution in [0.25, 0.3) is 0 Å². The van der Waals surface area contributed by atoms with Crippen LogP contribution in [0.1, 0.15) is 40.0 Å². The Labute approximate surface area is 101 Å². The van der Waals surface area contributed by atoms with Crippen LogP contribution in [-0.2, 0) is 9.53 Å². The molecule has 0 aromatic rings. The van der Waals surface area contributed by atoms with Gasteiger partial charge in [-0.25, -0.2) is 4.79 Å². The number of nitrogens with one attached hydrogen (secondary N) is 1. The SMILES string of the molecule is CC(C)(C)OC(=O)NC1CCC(=O)C(=CO)C1. The zero-order valence-electron chi connectivity index (χ0n) is 10.4. The van der Waals surface area contributed by atoms with Crippen molar-refractivity contribution in [2.75, 3.05) is 0 Å². The summed E-state index contributed by atoms with van der Waals surface area (Å²) >= 11 is 0. The van der Waals surface area contributed by atoms with Gasteiger partial charge in [0.2, 0.25) is 0 Å². The minimum atomic E-state index is -0.537. The second-order valence-electron chi connectivity index (χ2n) is 5.16. The fourth-order valence-electron chi connectivity index (χ4n) is 1.67. The first-order valence-electron chi connectivity index (χ1n) is 5.68. The second-order valence-corrected chi connectivity index (χ2v) is 5.16. The van der Waals surface area contributed by atoms with Crippen LogP contribution in [-0.4, -0.2) is 28.6 Å². The molecule has 0 aliphatic heterocycles. The molecule has 0 heterocycles. The topological polar surface area (TPSA) is 75.6 Å². The number of hydrogen-bond donors (Lipinski definition) is 2. The summed E-state index contributed by atoms with van der Waals surface area (Å²) in [7, 11) is 0. The lowest BCUT2D eigenvalue weighted by atomic mass is 9.90. The van der Waals surface area contributed by atoms with Gasteiger partial charge in [0.1, 0.15) is 5.60 Å². The Morgan fingerprint density at radius 3 is 2.71 bits per heavy atom. The monoisotopic (exact) mass is 241 g/mol. The van der Waals surface area contributed by atoms with E-state index in [0.717, 1.165) is 6.26 Å². The van der Waals surface area contributed by atoms with E-state index in [1.165, 1.54) is 0 Å². The van der Waals surface area contributed by atoms with Crippen LogP contribution in [0.2, 0.25) is 0 Å². The number of rotatable bonds is 1. The smallest absolute Gasteiger partial charge is 0.407 e. The molecule has 0 saturated heterocycles. The van der Waals surface area contributed by atoms with Crippen molar-refractivity contribution in [3.05, 3.63) is 11.8 Å². The van der Waals surface area contributed by atoms with E-state index in [1.54, 1.807) is 20.8 Å². The summed E-state index contributed by atoms with van der Waals surface area (Å²) in [6.45, 7) is 5.36. The molecule has 0 spiro atoms. The molecule has 1 atom stereocenters. The number of Topliss-reactive ketones (excluding diaryl/α,β-unsaturated/α-hetero) is 1. The lowest BCUT2D eigenvalue weighted by Gasteiger charge is -2.26. The van der Waals surface area contributed by atoms with Gasteiger partial charge in [-0.05, 0) is 33.6 Å². The number of hydrogen-bond acceptors (Lipinski definition) is 4. The van der Waals surface area contributed by atoms with Gasteiger partial charge < -0.3 is 15.2 Å². The Hall–Kier alpha value is -1.52. The van der Waals surface area contributed by atoms with Crippen molar-refractivity contribution in [3.63, 3.8) is 0 Å². The highest BCUT2D eigenvalue weighted by Crippen LogP contribution is 2.20. The molecule has 1 aliphatic carbocycles. The lowest BCUT2D eigenvalue weighted by Crippen LogP contribution is -2.41. The van der Waals surface area contributed by atoms with E-state index in [0.29, 0.717) is 24.8 Å². The molecule has 1 aliphatic rings. The summed E-state index contributed by atoms with van der Waals surface area (Å²) in [5.74, 6) is -0.0604. The molecule has 0 aromatic heterocycles. The predicted octanol–water partition coefficient (Wildman–Crippen LogP) is 2.07. The average molecular weight is 241 g/mol. The summed E-state index contributed by atoms with van der Waals surface area (Å²) in [4.78, 5) is 22.8. The van der Waals surface area contributed by atoms with Crippen LogP contribution in [0.3, 0.4) is 0 Å². The van der Waals surface area contributed by atoms with E-state index in [-0.39, 0.29) is 11.8 Å². The number of alkyl carbamates (subject to hydrolysis) is 1. The number of aliphatic hydroxyl groups is 1. The molecular formula is C12H19NO4. The molecule has 1 unspecified atom stereocenters. The number of amides is 1. The van der Waals surface area contributed by atoms with Crippen LogP contribution in [0.15, 0.2) is 11.8 Å². The van der Waals surface area contributed by atoms with Gasteiger partial charge in [-0.1, -0.05) is 0 Å². The van der Waals surface area contributed by atoms with Crippen molar-refractivity contribution in [3.8, 4) is 0 Å². The van der Waals surface area contributed by atoms with Crippen molar-refractivity contribution < 1.29 is 19.4 Å². The molecule has 0 aromatic carbocycles. The summed E-state index contributed by atoms with van der Waals surface area (Å²) in [5, 5.41) is 11.6. The van der Waals surface area contributed by atoms with Gasteiger partial charge in [-0.3, -0.25) is 4.79 Å². The van der Waals surface area contributed by atoms with Gasteiger partial charge in [0.05, 0.1) is 6.26 Å². The summed E-state index contributed by atoms with van der Waals surface area (Å²) in [5.41, 5.74) is -0.179. The predicted molar refractivity (Wildman–Crippen MR) is 62.7 cm³/mol. The number of ketones is 1. The third kappa shape index (κ3) is 4.46. The van der Waals surface area contributed by atoms with Gasteiger partial charge in [-0.15, -0.1) is 0 Å². The van der Waals surface area contributed by atoms with Crippen LogP contribution in [0, 0.1) is 0 Å². The van der Waals surface area contributed by atoms with E-state index in [4.69, 9.17) is 9.84 Å². The fraction of sp³-hybridized carbons (Fsp3) is 0.667. The van der Waals surface area contributed by atoms with Crippen molar-refractivity contribution in [1.82, 2.24) is 5.32 Å². The number of carbonyl (C=O) groups excluding carboxylic acids is 2. The molecular weight excluding hydrogens is 222 g/mol. The maximum Gasteiger partial charge on any atom is 0.407 e. The molecule has 2 N–H and O–H groups in total. The molecule has 0 radical (unpaired) electrons. The van der Waals surface area contributed by atoms with Crippen molar-refractivity contribution in [1.29, 1.82) is 0 Å². The van der Waals surface area contributed by atoms with Crippen LogP contribution < -0.4 is 5.32 Å². The van der Waals surface area contributed by atoms with Crippen LogP contribution >= 0.6 is 0 Å². The molecule has 5 heteroatoms. The maximum atomic E-state index is 11.5. The Balaban J connectivity index is 2.48. The minimum absolute atomic E-state index is 0.0604. The highest BCUT2D eigenvalue weighted by Gasteiger charge is 2.26. The summed E-state index contributed by atoms with van der Waals surface area (Å²) < 4.78 is 5.12. The van der Waals surface area contributed by atoms with E-state index in [2.05, 4.69) is 5.32 Å². The third-order valence-electron chi connectivity index (χ3n) is 2.42. The van der Waals surface area contributed by atoms with Gasteiger partial charge >= 0.3 is 6.09 Å². The van der Waals surface area contributed by atoms with Gasteiger partial charge in [-0.2, -0.15) is 0 Å². The summed E-state index contributed by atoms with van der Waals surface area (Å²) in [6.07, 6.45) is 1.61. The normalized spacial score (nSPS) is 23.6. The molecule has 1 rings (SSSR count). The highest BCUT2D eigenvalue weighted by molar-refractivity contribution is 5.96. The van der Waals surface area contributed by atoms with Crippen LogP contribution in [0.4, 0.5) is 4.79 Å². The Morgan fingerprint density at radius 2 is 2.18 bits per heavy atom. The van der Waals surface area contributed by atoms with Crippen molar-refractivity contribution >= 4 is 11.9 Å². The highest BCUT2D eigenvalue weighted by atomic mass is 16.6. The largest absolute Gasteiger partial charge is 0.515 e. The molecule has 0 bridgehead atoms. The average Bonchev–Trinajstić information content (AvgIpc) is 2.18. The second kappa shape index (κ2) is 5.21. The van der Waals surface area contributed by atoms with E-state index in [1.807, 2.05) is 0 Å². The first-order valence-corrected chi connectivity index (χ1v) is 5.68. The van der Waals surface area contributed by atoms with E-state index in [9.17, 15) is 9.59 Å². The molecule has 5 nitrogen and oxygen atoms in total. The van der Waals surface area contributed by atoms with E-state index < -0.39 is 11.7 Å². The first kappa shape index (κ1) is 13.5. The fourth-order valence-corrected chi connectivity index (χ4v) is 1.67. The number of carbonyl (C=O) groups is 2. The van der Waals surface area contributed by atoms with Gasteiger partial charge in [0.15, 0.2) is 5.78 Å². The van der Waals surface area contributed by atoms with Crippen molar-refractivity contribution in [2.45, 2.75) is 51.7 Å². The van der Waals surface area contributed by atoms with Crippen LogP contribution in [0.5, 0.6) is 0 Å². The molecule has 1 amide bonds. The Morgan fingerprint density at radius 1 is 1.53 bits per heavy atom. The van der Waals surface area contributed by atoms with Gasteiger partial charge in [0.25, 0.3) is 0 Å². The Kier molecular flexibility index (Phi) is 4.15. The maximum absolute atomic E-state index is 11.5. The Bertz CT molecular complexity index is 341. The number of ether oxygens (including phenoxy) is 1. The molecule has 1 fully saturated rings. The lowest BCUT2D eigenvalue weighted by molar-refractivity contribution is -0.116. The molecule has 96 valence electrons. The summed E-state index contributed by atoms with van der Waals surface area (Å²) in [6, 6.07) is -0.152. The third-order valence-corrected chi connectivity index (χ3v) is 2.42. The van der Waals surface area contributed by atoms with Crippen molar-refractivity contribution in [2.24, 2.45) is 0 Å². The van der Waals surface area contributed by atoms with E-state index >= 15 is 0 Å². The van der Waals surface area contributed by atoms with Gasteiger partial charge in [0, 0.05) is 18.0 Å².